The fraction of sp³-hybridized carbons (Fsp3) is 0.106. The van der Waals surface area contributed by atoms with Gasteiger partial charge < -0.3 is 0 Å². The molecule has 222 valence electrons. The molecule has 47 heavy (non-hydrogen) atoms. The minimum Gasteiger partial charge on any atom is -0.0622 e. The molecule has 0 saturated carbocycles. The van der Waals surface area contributed by atoms with Crippen molar-refractivity contribution < 1.29 is 0 Å². The van der Waals surface area contributed by atoms with Crippen LogP contribution in [0.1, 0.15) is 59.1 Å². The Morgan fingerprint density at radius 1 is 0.404 bits per heavy atom. The third-order valence-corrected chi connectivity index (χ3v) is 11.3. The van der Waals surface area contributed by atoms with Gasteiger partial charge in [0.1, 0.15) is 0 Å². The summed E-state index contributed by atoms with van der Waals surface area (Å²) >= 11 is 0. The Labute approximate surface area is 276 Å². The fourth-order valence-electron chi connectivity index (χ4n) is 9.22. The van der Waals surface area contributed by atoms with Gasteiger partial charge in [-0.3, -0.25) is 0 Å². The van der Waals surface area contributed by atoms with Gasteiger partial charge in [-0.2, -0.15) is 0 Å². The van der Waals surface area contributed by atoms with Crippen molar-refractivity contribution >= 4 is 21.9 Å². The molecule has 0 saturated heterocycles. The monoisotopic (exact) mass is 598 g/mol. The van der Waals surface area contributed by atoms with Gasteiger partial charge in [0.2, 0.25) is 0 Å². The van der Waals surface area contributed by atoms with Crippen LogP contribution in [0.5, 0.6) is 0 Å². The van der Waals surface area contributed by atoms with Crippen molar-refractivity contribution in [2.45, 2.75) is 31.1 Å². The van der Waals surface area contributed by atoms with Crippen molar-refractivity contribution in [1.82, 2.24) is 0 Å². The summed E-state index contributed by atoms with van der Waals surface area (Å²) in [4.78, 5) is 0. The maximum absolute atomic E-state index is 2.43. The van der Waals surface area contributed by atoms with E-state index in [1.807, 2.05) is 0 Å². The van der Waals surface area contributed by atoms with E-state index in [9.17, 15) is 0 Å². The summed E-state index contributed by atoms with van der Waals surface area (Å²) in [5.74, 6) is 0.495. The first-order valence-corrected chi connectivity index (χ1v) is 16.9. The molecule has 2 unspecified atom stereocenters. The van der Waals surface area contributed by atoms with E-state index in [0.29, 0.717) is 0 Å². The number of hydrogen-bond donors (Lipinski definition) is 0. The average molecular weight is 599 g/mol. The molecule has 0 amide bonds. The molecule has 7 aromatic carbocycles. The van der Waals surface area contributed by atoms with Gasteiger partial charge in [0.15, 0.2) is 0 Å². The Kier molecular flexibility index (Phi) is 5.56. The van der Waals surface area contributed by atoms with Gasteiger partial charge in [0.25, 0.3) is 0 Å². The van der Waals surface area contributed by atoms with Gasteiger partial charge in [0, 0.05) is 17.3 Å². The lowest BCUT2D eigenvalue weighted by atomic mass is 9.70. The zero-order valence-corrected chi connectivity index (χ0v) is 26.7. The van der Waals surface area contributed by atoms with Gasteiger partial charge in [-0.25, -0.2) is 0 Å². The molecule has 0 nitrogen and oxygen atoms in total. The van der Waals surface area contributed by atoms with E-state index in [2.05, 4.69) is 172 Å². The summed E-state index contributed by atoms with van der Waals surface area (Å²) in [7, 11) is 0. The average Bonchev–Trinajstić information content (AvgIpc) is 3.57. The smallest absolute Gasteiger partial charge is 0.0218 e. The third-order valence-electron chi connectivity index (χ3n) is 11.3. The molecule has 0 heterocycles. The van der Waals surface area contributed by atoms with Crippen LogP contribution in [0.3, 0.4) is 0 Å². The van der Waals surface area contributed by atoms with Crippen molar-refractivity contribution in [2.24, 2.45) is 0 Å². The van der Waals surface area contributed by atoms with Gasteiger partial charge in [-0.1, -0.05) is 166 Å². The molecule has 7 aromatic rings. The molecule has 0 aromatic heterocycles. The van der Waals surface area contributed by atoms with Crippen molar-refractivity contribution in [2.75, 3.05) is 0 Å². The van der Waals surface area contributed by atoms with E-state index >= 15 is 0 Å². The van der Waals surface area contributed by atoms with Crippen LogP contribution in [0.15, 0.2) is 158 Å². The zero-order valence-electron chi connectivity index (χ0n) is 26.7. The molecule has 0 N–H and O–H groups in total. The standard InChI is InChI=1S/C47H34/c1-47(2)40-21-9-8-16-34(40)35-27-26-33(28-41(35)47)29-22-24-32(25-23-29)44-37-18-7-6-17-36(37)43(31-12-4-3-5-13-31)45-38-19-10-14-30-15-11-20-39(42(30)38)46(44)45/h3-28,45-46H,1-2H3. The minimum absolute atomic E-state index is 0.00991. The molecule has 0 radical (unpaired) electrons. The van der Waals surface area contributed by atoms with E-state index in [1.165, 1.54) is 88.0 Å². The number of hydrogen-bond acceptors (Lipinski definition) is 0. The molecule has 0 spiro atoms. The highest BCUT2D eigenvalue weighted by atomic mass is 14.4. The van der Waals surface area contributed by atoms with E-state index in [-0.39, 0.29) is 17.3 Å². The molecule has 3 aliphatic carbocycles. The second-order valence-corrected chi connectivity index (χ2v) is 14.0. The van der Waals surface area contributed by atoms with Crippen molar-refractivity contribution in [3.8, 4) is 22.3 Å². The van der Waals surface area contributed by atoms with E-state index in [1.54, 1.807) is 0 Å². The Hall–Kier alpha value is -5.46. The summed E-state index contributed by atoms with van der Waals surface area (Å²) in [6.45, 7) is 4.72. The van der Waals surface area contributed by atoms with Crippen LogP contribution in [0.4, 0.5) is 0 Å². The lowest BCUT2D eigenvalue weighted by molar-refractivity contribution is 0.660. The second kappa shape index (κ2) is 9.77. The lowest BCUT2D eigenvalue weighted by Crippen LogP contribution is -2.38. The van der Waals surface area contributed by atoms with Crippen LogP contribution in [0, 0.1) is 0 Å². The Balaban J connectivity index is 1.17. The van der Waals surface area contributed by atoms with Gasteiger partial charge in [0.05, 0.1) is 0 Å². The largest absolute Gasteiger partial charge is 0.0622 e. The highest BCUT2D eigenvalue weighted by Gasteiger charge is 2.42. The normalized spacial score (nSPS) is 18.1. The van der Waals surface area contributed by atoms with Gasteiger partial charge >= 0.3 is 0 Å². The van der Waals surface area contributed by atoms with Crippen LogP contribution in [-0.4, -0.2) is 0 Å². The minimum atomic E-state index is -0.00991. The molecule has 3 aliphatic rings. The summed E-state index contributed by atoms with van der Waals surface area (Å²) < 4.78 is 0. The summed E-state index contributed by atoms with van der Waals surface area (Å²) in [6.07, 6.45) is 0. The molecular weight excluding hydrogens is 565 g/mol. The Morgan fingerprint density at radius 2 is 0.936 bits per heavy atom. The van der Waals surface area contributed by atoms with Gasteiger partial charge in [-0.05, 0) is 94.1 Å². The first-order chi connectivity index (χ1) is 23.1. The van der Waals surface area contributed by atoms with Gasteiger partial charge in [-0.15, -0.1) is 0 Å². The van der Waals surface area contributed by atoms with Crippen LogP contribution in [0.25, 0.3) is 44.2 Å². The van der Waals surface area contributed by atoms with Crippen LogP contribution >= 0.6 is 0 Å². The van der Waals surface area contributed by atoms with E-state index in [4.69, 9.17) is 0 Å². The molecule has 0 heteroatoms. The number of fused-ring (bicyclic) bond motifs is 7. The van der Waals surface area contributed by atoms with E-state index in [0.717, 1.165) is 0 Å². The molecule has 0 bridgehead atoms. The molecular formula is C47H34. The summed E-state index contributed by atoms with van der Waals surface area (Å²) in [6, 6.07) is 59.4. The zero-order chi connectivity index (χ0) is 31.3. The highest BCUT2D eigenvalue weighted by molar-refractivity contribution is 6.00. The predicted molar refractivity (Wildman–Crippen MR) is 196 cm³/mol. The van der Waals surface area contributed by atoms with Crippen molar-refractivity contribution in [1.29, 1.82) is 0 Å². The second-order valence-electron chi connectivity index (χ2n) is 14.0. The lowest BCUT2D eigenvalue weighted by Gasteiger charge is -2.32. The van der Waals surface area contributed by atoms with Crippen LogP contribution in [0.2, 0.25) is 0 Å². The quantitative estimate of drug-likeness (QED) is 0.190. The third kappa shape index (κ3) is 3.70. The topological polar surface area (TPSA) is 0 Å². The maximum atomic E-state index is 2.43. The van der Waals surface area contributed by atoms with Crippen molar-refractivity contribution in [3.63, 3.8) is 0 Å². The molecule has 10 rings (SSSR count). The predicted octanol–water partition coefficient (Wildman–Crippen LogP) is 10.1. The first-order valence-electron chi connectivity index (χ1n) is 16.9. The maximum Gasteiger partial charge on any atom is 0.0218 e. The summed E-state index contributed by atoms with van der Waals surface area (Å²) in [5.41, 5.74) is 16.5. The Morgan fingerprint density at radius 3 is 1.62 bits per heavy atom. The molecule has 0 aliphatic heterocycles. The molecule has 0 fully saturated rings. The fourth-order valence-corrected chi connectivity index (χ4v) is 9.22. The van der Waals surface area contributed by atoms with Crippen molar-refractivity contribution in [3.05, 3.63) is 202 Å². The van der Waals surface area contributed by atoms with E-state index < -0.39 is 0 Å². The first kappa shape index (κ1) is 26.7. The Bertz CT molecular complexity index is 2520. The van der Waals surface area contributed by atoms with Crippen LogP contribution < -0.4 is 10.4 Å². The SMILES string of the molecule is CC1(C)c2ccccc2-c2ccc(-c3ccc(C4=c5ccccc5=C(c5ccccc5)C5c6cccc7cccc(c67)C45)cc3)cc21. The molecule has 2 atom stereocenters. The van der Waals surface area contributed by atoms with Crippen LogP contribution in [-0.2, 0) is 5.41 Å². The number of rotatable bonds is 3. The summed E-state index contributed by atoms with van der Waals surface area (Å²) in [5, 5.41) is 5.47. The number of benzene rings is 7. The highest BCUT2D eigenvalue weighted by Crippen LogP contribution is 2.57.